The maximum absolute atomic E-state index is 12.2. The number of hydrogen-bond acceptors (Lipinski definition) is 6. The van der Waals surface area contributed by atoms with Crippen molar-refractivity contribution >= 4 is 16.9 Å². The van der Waals surface area contributed by atoms with Crippen molar-refractivity contribution in [2.24, 2.45) is 0 Å². The minimum atomic E-state index is -0.482. The summed E-state index contributed by atoms with van der Waals surface area (Å²) in [6.07, 6.45) is 0.480. The molecule has 3 N–H and O–H groups in total. The first-order valence-electron chi connectivity index (χ1n) is 6.58. The smallest absolute Gasteiger partial charge is 0.347 e. The fourth-order valence-corrected chi connectivity index (χ4v) is 3.10. The molecule has 1 unspecified atom stereocenters. The minimum Gasteiger partial charge on any atom is -0.426 e. The fourth-order valence-electron chi connectivity index (χ4n) is 3.10. The number of hydrogen-bond donors (Lipinski definition) is 2. The molecule has 0 aromatic carbocycles. The maximum Gasteiger partial charge on any atom is 0.347 e. The van der Waals surface area contributed by atoms with Crippen LogP contribution in [-0.4, -0.2) is 21.2 Å². The van der Waals surface area contributed by atoms with E-state index in [9.17, 15) is 9.90 Å². The molecule has 1 aliphatic carbocycles. The first-order valence-corrected chi connectivity index (χ1v) is 6.58. The van der Waals surface area contributed by atoms with Gasteiger partial charge in [0.15, 0.2) is 0 Å². The van der Waals surface area contributed by atoms with Gasteiger partial charge in [-0.15, -0.1) is 0 Å². The standard InChI is InChI=1S/C14H17N3O3/c1-6-9-10(17-13(15)16-6)8-4-7(18)5-14(2,3)11(8)20-12(9)19/h7,18H,4-5H2,1-3H3,(H2,15,16,17). The molecule has 0 fully saturated rings. The van der Waals surface area contributed by atoms with Gasteiger partial charge in [-0.05, 0) is 13.3 Å². The summed E-state index contributed by atoms with van der Waals surface area (Å²) in [7, 11) is 0. The Hall–Kier alpha value is -1.95. The number of anilines is 1. The Morgan fingerprint density at radius 1 is 1.40 bits per heavy atom. The van der Waals surface area contributed by atoms with Crippen molar-refractivity contribution in [2.45, 2.75) is 45.1 Å². The number of fused-ring (bicyclic) bond motifs is 3. The highest BCUT2D eigenvalue weighted by molar-refractivity contribution is 5.84. The minimum absolute atomic E-state index is 0.126. The molecule has 20 heavy (non-hydrogen) atoms. The van der Waals surface area contributed by atoms with Crippen LogP contribution in [-0.2, 0) is 11.8 Å². The first-order chi connectivity index (χ1) is 9.29. The molecule has 2 aromatic rings. The van der Waals surface area contributed by atoms with Gasteiger partial charge in [-0.2, -0.15) is 0 Å². The molecule has 1 atom stereocenters. The molecule has 1 aliphatic rings. The molecule has 3 rings (SSSR count). The number of aliphatic hydroxyl groups excluding tert-OH is 1. The molecule has 6 nitrogen and oxygen atoms in total. The van der Waals surface area contributed by atoms with Crippen LogP contribution in [0.15, 0.2) is 9.21 Å². The third-order valence-electron chi connectivity index (χ3n) is 3.87. The van der Waals surface area contributed by atoms with Crippen LogP contribution in [0.25, 0.3) is 10.9 Å². The van der Waals surface area contributed by atoms with Gasteiger partial charge in [0.1, 0.15) is 11.1 Å². The molecule has 0 radical (unpaired) electrons. The summed E-state index contributed by atoms with van der Waals surface area (Å²) in [6.45, 7) is 5.59. The molecule has 0 amide bonds. The van der Waals surface area contributed by atoms with Gasteiger partial charge in [0.2, 0.25) is 5.95 Å². The second kappa shape index (κ2) is 4.02. The van der Waals surface area contributed by atoms with Crippen LogP contribution in [0.3, 0.4) is 0 Å². The highest BCUT2D eigenvalue weighted by Crippen LogP contribution is 2.38. The molecule has 0 aliphatic heterocycles. The van der Waals surface area contributed by atoms with E-state index in [4.69, 9.17) is 10.2 Å². The highest BCUT2D eigenvalue weighted by atomic mass is 16.4. The zero-order chi connectivity index (χ0) is 14.7. The summed E-state index contributed by atoms with van der Waals surface area (Å²) < 4.78 is 5.51. The van der Waals surface area contributed by atoms with Crippen LogP contribution in [0.4, 0.5) is 5.95 Å². The van der Waals surface area contributed by atoms with Crippen molar-refractivity contribution in [1.82, 2.24) is 9.97 Å². The molecule has 2 heterocycles. The van der Waals surface area contributed by atoms with Gasteiger partial charge in [0.05, 0.1) is 17.3 Å². The number of aliphatic hydroxyl groups is 1. The van der Waals surface area contributed by atoms with Crippen molar-refractivity contribution in [2.75, 3.05) is 5.73 Å². The molecule has 0 spiro atoms. The molecule has 6 heteroatoms. The van der Waals surface area contributed by atoms with Crippen LogP contribution < -0.4 is 11.4 Å². The van der Waals surface area contributed by atoms with Crippen molar-refractivity contribution < 1.29 is 9.52 Å². The van der Waals surface area contributed by atoms with E-state index >= 15 is 0 Å². The zero-order valence-electron chi connectivity index (χ0n) is 11.7. The molecule has 2 aromatic heterocycles. The first kappa shape index (κ1) is 13.1. The molecule has 0 saturated heterocycles. The van der Waals surface area contributed by atoms with E-state index in [1.807, 2.05) is 13.8 Å². The summed E-state index contributed by atoms with van der Waals surface area (Å²) in [5.74, 6) is 0.721. The van der Waals surface area contributed by atoms with Crippen LogP contribution in [0.1, 0.15) is 37.3 Å². The molecular weight excluding hydrogens is 258 g/mol. The van der Waals surface area contributed by atoms with Gasteiger partial charge >= 0.3 is 5.63 Å². The lowest BCUT2D eigenvalue weighted by Gasteiger charge is -2.33. The van der Waals surface area contributed by atoms with Gasteiger partial charge in [-0.1, -0.05) is 13.8 Å². The van der Waals surface area contributed by atoms with E-state index < -0.39 is 17.1 Å². The van der Waals surface area contributed by atoms with E-state index in [2.05, 4.69) is 9.97 Å². The lowest BCUT2D eigenvalue weighted by molar-refractivity contribution is 0.115. The van der Waals surface area contributed by atoms with Crippen molar-refractivity contribution in [3.8, 4) is 0 Å². The van der Waals surface area contributed by atoms with Crippen LogP contribution in [0.2, 0.25) is 0 Å². The topological polar surface area (TPSA) is 102 Å². The third-order valence-corrected chi connectivity index (χ3v) is 3.87. The number of nitrogens with zero attached hydrogens (tertiary/aromatic N) is 2. The summed E-state index contributed by atoms with van der Waals surface area (Å²) in [5.41, 5.74) is 6.61. The number of aromatic nitrogens is 2. The summed E-state index contributed by atoms with van der Waals surface area (Å²) >= 11 is 0. The number of rotatable bonds is 0. The molecular formula is C14H17N3O3. The number of aryl methyl sites for hydroxylation is 1. The third kappa shape index (κ3) is 1.79. The van der Waals surface area contributed by atoms with E-state index in [0.717, 1.165) is 5.56 Å². The zero-order valence-corrected chi connectivity index (χ0v) is 11.7. The predicted molar refractivity (Wildman–Crippen MR) is 74.6 cm³/mol. The van der Waals surface area contributed by atoms with Gasteiger partial charge < -0.3 is 15.3 Å². The summed E-state index contributed by atoms with van der Waals surface area (Å²) in [4.78, 5) is 20.4. The SMILES string of the molecule is Cc1nc(N)nc2c3c(oc(=O)c12)C(C)(C)CC(O)C3. The molecule has 106 valence electrons. The fraction of sp³-hybridized carbons (Fsp3) is 0.500. The highest BCUT2D eigenvalue weighted by Gasteiger charge is 2.37. The van der Waals surface area contributed by atoms with E-state index in [1.165, 1.54) is 0 Å². The van der Waals surface area contributed by atoms with Gasteiger partial charge in [0, 0.05) is 17.4 Å². The monoisotopic (exact) mass is 275 g/mol. The Labute approximate surface area is 115 Å². The van der Waals surface area contributed by atoms with Crippen molar-refractivity contribution in [3.63, 3.8) is 0 Å². The van der Waals surface area contributed by atoms with E-state index in [1.54, 1.807) is 6.92 Å². The van der Waals surface area contributed by atoms with E-state index in [0.29, 0.717) is 35.2 Å². The quantitative estimate of drug-likeness (QED) is 0.745. The number of nitrogens with two attached hydrogens (primary N) is 1. The van der Waals surface area contributed by atoms with Gasteiger partial charge in [0.25, 0.3) is 0 Å². The predicted octanol–water partition coefficient (Wildman–Crippen LogP) is 1.06. The number of nitrogen functional groups attached to an aromatic ring is 1. The average molecular weight is 275 g/mol. The maximum atomic E-state index is 12.2. The van der Waals surface area contributed by atoms with Crippen LogP contribution in [0, 0.1) is 6.92 Å². The second-order valence-corrected chi connectivity index (χ2v) is 6.03. The van der Waals surface area contributed by atoms with Crippen LogP contribution in [0.5, 0.6) is 0 Å². The Balaban J connectivity index is 2.47. The largest absolute Gasteiger partial charge is 0.426 e. The average Bonchev–Trinajstić information content (AvgIpc) is 2.29. The Morgan fingerprint density at radius 3 is 2.80 bits per heavy atom. The van der Waals surface area contributed by atoms with Crippen molar-refractivity contribution in [3.05, 3.63) is 27.4 Å². The van der Waals surface area contributed by atoms with E-state index in [-0.39, 0.29) is 5.95 Å². The molecule has 0 saturated carbocycles. The Kier molecular flexibility index (Phi) is 2.62. The molecule has 0 bridgehead atoms. The van der Waals surface area contributed by atoms with Gasteiger partial charge in [-0.25, -0.2) is 14.8 Å². The summed E-state index contributed by atoms with van der Waals surface area (Å²) in [5, 5.41) is 10.4. The van der Waals surface area contributed by atoms with Crippen molar-refractivity contribution in [1.29, 1.82) is 0 Å². The normalized spacial score (nSPS) is 20.9. The Morgan fingerprint density at radius 2 is 2.10 bits per heavy atom. The summed E-state index contributed by atoms with van der Waals surface area (Å²) in [6, 6.07) is 0. The lowest BCUT2D eigenvalue weighted by atomic mass is 9.75. The van der Waals surface area contributed by atoms with Crippen LogP contribution >= 0.6 is 0 Å². The van der Waals surface area contributed by atoms with Gasteiger partial charge in [-0.3, -0.25) is 0 Å². The lowest BCUT2D eigenvalue weighted by Crippen LogP contribution is -2.34. The second-order valence-electron chi connectivity index (χ2n) is 6.03. The Bertz CT molecular complexity index is 764.